The fraction of sp³-hybridized carbons (Fsp3) is 0.238. The first-order valence-corrected chi connectivity index (χ1v) is 10.1. The van der Waals surface area contributed by atoms with Crippen molar-refractivity contribution in [3.05, 3.63) is 70.0 Å². The summed E-state index contributed by atoms with van der Waals surface area (Å²) in [6.07, 6.45) is 0. The Morgan fingerprint density at radius 1 is 0.964 bits per heavy atom. The van der Waals surface area contributed by atoms with Gasteiger partial charge in [-0.3, -0.25) is 9.69 Å². The smallest absolute Gasteiger partial charge is 0.268 e. The fourth-order valence-corrected chi connectivity index (χ4v) is 4.01. The maximum absolute atomic E-state index is 13.3. The molecule has 6 nitrogen and oxygen atoms in total. The molecule has 0 bridgehead atoms. The van der Waals surface area contributed by atoms with Crippen molar-refractivity contribution in [3.63, 3.8) is 0 Å². The summed E-state index contributed by atoms with van der Waals surface area (Å²) in [5.41, 5.74) is 1.41. The molecule has 0 radical (unpaired) electrons. The van der Waals surface area contributed by atoms with Crippen molar-refractivity contribution in [2.24, 2.45) is 0 Å². The summed E-state index contributed by atoms with van der Waals surface area (Å²) in [6, 6.07) is 17.1. The Labute approximate surface area is 167 Å². The highest BCUT2D eigenvalue weighted by Crippen LogP contribution is 2.24. The normalized spacial score (nSPS) is 11.4. The third kappa shape index (κ3) is 3.46. The highest BCUT2D eigenvalue weighted by Gasteiger charge is 2.18. The quantitative estimate of drug-likeness (QED) is 0.501. The molecule has 0 unspecified atom stereocenters. The van der Waals surface area contributed by atoms with Gasteiger partial charge in [-0.2, -0.15) is 0 Å². The Morgan fingerprint density at radius 3 is 2.43 bits per heavy atom. The standard InChI is InChI=1S/C21H21N5OS/c1-3-25(4-2)14-18-23-24-21(28-18)26-19(15-10-6-5-7-11-15)22-17-13-9-8-12-16(17)20(26)27/h5-13H,3-4,14H2,1-2H3. The van der Waals surface area contributed by atoms with E-state index in [-0.39, 0.29) is 5.56 Å². The molecule has 0 aliphatic carbocycles. The number of fused-ring (bicyclic) bond motifs is 1. The molecular formula is C21H21N5OS. The van der Waals surface area contributed by atoms with Gasteiger partial charge in [-0.1, -0.05) is 67.6 Å². The molecule has 0 atom stereocenters. The summed E-state index contributed by atoms with van der Waals surface area (Å²) >= 11 is 1.44. The van der Waals surface area contributed by atoms with Crippen LogP contribution in [0, 0.1) is 0 Å². The minimum atomic E-state index is -0.130. The summed E-state index contributed by atoms with van der Waals surface area (Å²) in [6.45, 7) is 6.85. The molecule has 28 heavy (non-hydrogen) atoms. The number of nitrogens with zero attached hydrogens (tertiary/aromatic N) is 5. The lowest BCUT2D eigenvalue weighted by atomic mass is 10.2. The van der Waals surface area contributed by atoms with Gasteiger partial charge >= 0.3 is 0 Å². The molecule has 0 fully saturated rings. The van der Waals surface area contributed by atoms with E-state index in [1.165, 1.54) is 11.3 Å². The lowest BCUT2D eigenvalue weighted by Gasteiger charge is -2.15. The molecule has 4 rings (SSSR count). The van der Waals surface area contributed by atoms with Crippen molar-refractivity contribution in [2.45, 2.75) is 20.4 Å². The maximum Gasteiger partial charge on any atom is 0.268 e. The van der Waals surface area contributed by atoms with Crippen LogP contribution in [0.4, 0.5) is 0 Å². The second kappa shape index (κ2) is 8.00. The van der Waals surface area contributed by atoms with Crippen LogP contribution in [0.5, 0.6) is 0 Å². The fourth-order valence-electron chi connectivity index (χ4n) is 3.13. The molecule has 4 aromatic rings. The van der Waals surface area contributed by atoms with Crippen molar-refractivity contribution < 1.29 is 0 Å². The summed E-state index contributed by atoms with van der Waals surface area (Å²) < 4.78 is 1.58. The zero-order chi connectivity index (χ0) is 19.5. The van der Waals surface area contributed by atoms with Crippen LogP contribution in [0.2, 0.25) is 0 Å². The van der Waals surface area contributed by atoms with Crippen LogP contribution in [-0.2, 0) is 6.54 Å². The van der Waals surface area contributed by atoms with Gasteiger partial charge in [0.15, 0.2) is 0 Å². The second-order valence-electron chi connectivity index (χ2n) is 6.40. The van der Waals surface area contributed by atoms with E-state index in [9.17, 15) is 4.79 Å². The first kappa shape index (κ1) is 18.5. The van der Waals surface area contributed by atoms with Gasteiger partial charge in [0, 0.05) is 5.56 Å². The average molecular weight is 392 g/mol. The van der Waals surface area contributed by atoms with E-state index in [0.717, 1.165) is 30.2 Å². The van der Waals surface area contributed by atoms with Crippen LogP contribution in [0.25, 0.3) is 27.4 Å². The van der Waals surface area contributed by atoms with Crippen LogP contribution < -0.4 is 5.56 Å². The van der Waals surface area contributed by atoms with E-state index in [2.05, 4.69) is 28.9 Å². The average Bonchev–Trinajstić information content (AvgIpc) is 3.20. The summed E-state index contributed by atoms with van der Waals surface area (Å²) in [7, 11) is 0. The number of hydrogen-bond acceptors (Lipinski definition) is 6. The molecule has 142 valence electrons. The monoisotopic (exact) mass is 391 g/mol. The number of para-hydroxylation sites is 1. The van der Waals surface area contributed by atoms with Crippen molar-refractivity contribution >= 4 is 22.2 Å². The van der Waals surface area contributed by atoms with E-state index < -0.39 is 0 Å². The predicted molar refractivity (Wildman–Crippen MR) is 113 cm³/mol. The molecule has 0 amide bonds. The molecule has 0 aliphatic rings. The summed E-state index contributed by atoms with van der Waals surface area (Å²) in [4.78, 5) is 20.4. The van der Waals surface area contributed by atoms with Crippen LogP contribution >= 0.6 is 11.3 Å². The second-order valence-corrected chi connectivity index (χ2v) is 7.44. The number of hydrogen-bond donors (Lipinski definition) is 0. The first-order valence-electron chi connectivity index (χ1n) is 9.33. The molecule has 7 heteroatoms. The zero-order valence-corrected chi connectivity index (χ0v) is 16.7. The van der Waals surface area contributed by atoms with Crippen LogP contribution in [0.1, 0.15) is 18.9 Å². The van der Waals surface area contributed by atoms with Gasteiger partial charge in [0.25, 0.3) is 5.56 Å². The Kier molecular flexibility index (Phi) is 5.27. The zero-order valence-electron chi connectivity index (χ0n) is 15.9. The molecular weight excluding hydrogens is 370 g/mol. The highest BCUT2D eigenvalue weighted by molar-refractivity contribution is 7.13. The number of rotatable bonds is 6. The SMILES string of the molecule is CCN(CC)Cc1nnc(-n2c(-c3ccccc3)nc3ccccc3c2=O)s1. The molecule has 2 aromatic heterocycles. The topological polar surface area (TPSA) is 63.9 Å². The predicted octanol–water partition coefficient (Wildman–Crippen LogP) is 3.75. The molecule has 2 heterocycles. The van der Waals surface area contributed by atoms with Gasteiger partial charge in [-0.15, -0.1) is 10.2 Å². The molecule has 0 saturated carbocycles. The van der Waals surface area contributed by atoms with Gasteiger partial charge in [-0.05, 0) is 25.2 Å². The van der Waals surface area contributed by atoms with E-state index in [0.29, 0.717) is 21.9 Å². The Morgan fingerprint density at radius 2 is 1.68 bits per heavy atom. The number of benzene rings is 2. The summed E-state index contributed by atoms with van der Waals surface area (Å²) in [5, 5.41) is 10.7. The molecule has 0 saturated heterocycles. The molecule has 0 spiro atoms. The lowest BCUT2D eigenvalue weighted by Crippen LogP contribution is -2.22. The summed E-state index contributed by atoms with van der Waals surface area (Å²) in [5.74, 6) is 0.579. The van der Waals surface area contributed by atoms with E-state index in [4.69, 9.17) is 4.98 Å². The molecule has 0 N–H and O–H groups in total. The van der Waals surface area contributed by atoms with Crippen LogP contribution in [-0.4, -0.2) is 37.7 Å². The minimum absolute atomic E-state index is 0.130. The largest absolute Gasteiger partial charge is 0.297 e. The van der Waals surface area contributed by atoms with Gasteiger partial charge in [0.2, 0.25) is 5.13 Å². The number of aromatic nitrogens is 4. The Bertz CT molecular complexity index is 1150. The highest BCUT2D eigenvalue weighted by atomic mass is 32.1. The van der Waals surface area contributed by atoms with Crippen molar-refractivity contribution in [1.82, 2.24) is 24.6 Å². The van der Waals surface area contributed by atoms with E-state index in [1.54, 1.807) is 10.6 Å². The first-order chi connectivity index (χ1) is 13.7. The van der Waals surface area contributed by atoms with Crippen molar-refractivity contribution in [1.29, 1.82) is 0 Å². The van der Waals surface area contributed by atoms with E-state index >= 15 is 0 Å². The lowest BCUT2D eigenvalue weighted by molar-refractivity contribution is 0.294. The van der Waals surface area contributed by atoms with Gasteiger partial charge < -0.3 is 0 Å². The van der Waals surface area contributed by atoms with E-state index in [1.807, 2.05) is 48.5 Å². The Balaban J connectivity index is 1.90. The maximum atomic E-state index is 13.3. The molecule has 0 aliphatic heterocycles. The third-order valence-corrected chi connectivity index (χ3v) is 5.60. The van der Waals surface area contributed by atoms with Crippen LogP contribution in [0.3, 0.4) is 0 Å². The molecule has 2 aromatic carbocycles. The minimum Gasteiger partial charge on any atom is -0.297 e. The third-order valence-electron chi connectivity index (χ3n) is 4.71. The Hall–Kier alpha value is -2.90. The van der Waals surface area contributed by atoms with Crippen molar-refractivity contribution in [3.8, 4) is 16.5 Å². The van der Waals surface area contributed by atoms with Gasteiger partial charge in [0.1, 0.15) is 10.8 Å². The van der Waals surface area contributed by atoms with Gasteiger partial charge in [-0.25, -0.2) is 9.55 Å². The van der Waals surface area contributed by atoms with Crippen LogP contribution in [0.15, 0.2) is 59.4 Å². The van der Waals surface area contributed by atoms with Crippen molar-refractivity contribution in [2.75, 3.05) is 13.1 Å². The van der Waals surface area contributed by atoms with Gasteiger partial charge in [0.05, 0.1) is 17.4 Å².